The second kappa shape index (κ2) is 6.64. The van der Waals surface area contributed by atoms with Crippen LogP contribution >= 0.6 is 11.6 Å². The summed E-state index contributed by atoms with van der Waals surface area (Å²) in [4.78, 5) is 25.2. The van der Waals surface area contributed by atoms with Crippen LogP contribution in [0.2, 0.25) is 5.02 Å². The molecule has 0 spiro atoms. The highest BCUT2D eigenvalue weighted by atomic mass is 35.5. The van der Waals surface area contributed by atoms with Gasteiger partial charge in [0.25, 0.3) is 11.5 Å². The van der Waals surface area contributed by atoms with Crippen LogP contribution in [0, 0.1) is 5.82 Å². The Bertz CT molecular complexity index is 1030. The van der Waals surface area contributed by atoms with E-state index in [4.69, 9.17) is 11.6 Å². The summed E-state index contributed by atoms with van der Waals surface area (Å²) < 4.78 is 15.1. The number of amides is 1. The van der Waals surface area contributed by atoms with Crippen molar-refractivity contribution in [1.29, 1.82) is 0 Å². The zero-order chi connectivity index (χ0) is 18.1. The van der Waals surface area contributed by atoms with Gasteiger partial charge in [-0.25, -0.2) is 9.07 Å². The molecule has 2 aromatic carbocycles. The second-order valence-electron chi connectivity index (χ2n) is 5.82. The molecule has 7 heteroatoms. The van der Waals surface area contributed by atoms with Crippen molar-refractivity contribution in [3.05, 3.63) is 69.4 Å². The predicted molar refractivity (Wildman–Crippen MR) is 95.8 cm³/mol. The van der Waals surface area contributed by atoms with Gasteiger partial charge >= 0.3 is 0 Å². The number of nitrogens with one attached hydrogen (secondary N) is 1. The maximum atomic E-state index is 13.9. The molecule has 5 nitrogen and oxygen atoms in total. The summed E-state index contributed by atoms with van der Waals surface area (Å²) in [5, 5.41) is 7.73. The Morgan fingerprint density at radius 1 is 1.20 bits per heavy atom. The van der Waals surface area contributed by atoms with Gasteiger partial charge in [-0.05, 0) is 38.1 Å². The van der Waals surface area contributed by atoms with Gasteiger partial charge < -0.3 is 5.32 Å². The van der Waals surface area contributed by atoms with Crippen LogP contribution in [0.4, 0.5) is 10.1 Å². The average molecular weight is 360 g/mol. The molecule has 1 amide bonds. The summed E-state index contributed by atoms with van der Waals surface area (Å²) in [6.07, 6.45) is 0. The van der Waals surface area contributed by atoms with Gasteiger partial charge in [-0.2, -0.15) is 5.10 Å². The van der Waals surface area contributed by atoms with E-state index in [1.165, 1.54) is 22.9 Å². The molecule has 128 valence electrons. The van der Waals surface area contributed by atoms with Crippen LogP contribution in [-0.4, -0.2) is 15.7 Å². The number of rotatable bonds is 3. The monoisotopic (exact) mass is 359 g/mol. The third kappa shape index (κ3) is 3.25. The van der Waals surface area contributed by atoms with E-state index in [0.29, 0.717) is 15.8 Å². The second-order valence-corrected chi connectivity index (χ2v) is 6.25. The normalized spacial score (nSPS) is 11.1. The lowest BCUT2D eigenvalue weighted by molar-refractivity contribution is 0.102. The van der Waals surface area contributed by atoms with Gasteiger partial charge in [-0.15, -0.1) is 0 Å². The first-order valence-corrected chi connectivity index (χ1v) is 8.04. The zero-order valence-electron chi connectivity index (χ0n) is 13.6. The standard InChI is InChI=1S/C18H15ClFN3O2/c1-10(2)23-18(25)13-6-4-3-5-12(13)16(22-23)17(24)21-15-9-11(19)7-8-14(15)20/h3-10H,1-2H3,(H,21,24). The Morgan fingerprint density at radius 2 is 1.88 bits per heavy atom. The van der Waals surface area contributed by atoms with Crippen molar-refractivity contribution in [3.63, 3.8) is 0 Å². The number of nitrogens with zero attached hydrogens (tertiary/aromatic N) is 2. The van der Waals surface area contributed by atoms with Crippen molar-refractivity contribution in [2.75, 3.05) is 5.32 Å². The van der Waals surface area contributed by atoms with E-state index in [1.54, 1.807) is 38.1 Å². The number of aromatic nitrogens is 2. The van der Waals surface area contributed by atoms with Gasteiger partial charge in [0.05, 0.1) is 17.1 Å². The number of anilines is 1. The Balaban J connectivity index is 2.14. The van der Waals surface area contributed by atoms with Crippen LogP contribution in [0.25, 0.3) is 10.8 Å². The fourth-order valence-corrected chi connectivity index (χ4v) is 2.67. The Morgan fingerprint density at radius 3 is 2.56 bits per heavy atom. The van der Waals surface area contributed by atoms with Crippen LogP contribution in [0.3, 0.4) is 0 Å². The topological polar surface area (TPSA) is 64.0 Å². The van der Waals surface area contributed by atoms with E-state index in [9.17, 15) is 14.0 Å². The van der Waals surface area contributed by atoms with Crippen LogP contribution < -0.4 is 10.9 Å². The predicted octanol–water partition coefficient (Wildman–Crippen LogP) is 4.02. The van der Waals surface area contributed by atoms with Crippen molar-refractivity contribution in [2.24, 2.45) is 0 Å². The minimum atomic E-state index is -0.619. The number of carbonyl (C=O) groups is 1. The van der Waals surface area contributed by atoms with Crippen LogP contribution in [-0.2, 0) is 0 Å². The molecule has 1 heterocycles. The van der Waals surface area contributed by atoms with Crippen molar-refractivity contribution >= 4 is 34.0 Å². The lowest BCUT2D eigenvalue weighted by Gasteiger charge is -2.13. The summed E-state index contributed by atoms with van der Waals surface area (Å²) in [5.41, 5.74) is -0.287. The first-order valence-electron chi connectivity index (χ1n) is 7.66. The summed E-state index contributed by atoms with van der Waals surface area (Å²) in [5.74, 6) is -1.23. The summed E-state index contributed by atoms with van der Waals surface area (Å²) in [7, 11) is 0. The Labute approximate surface area is 148 Å². The van der Waals surface area contributed by atoms with E-state index in [0.717, 1.165) is 0 Å². The molecule has 0 aliphatic carbocycles. The lowest BCUT2D eigenvalue weighted by Crippen LogP contribution is -2.29. The first kappa shape index (κ1) is 17.1. The quantitative estimate of drug-likeness (QED) is 0.768. The molecule has 0 aliphatic rings. The molecule has 0 aliphatic heterocycles. The number of carbonyl (C=O) groups excluding carboxylic acids is 1. The number of hydrogen-bond donors (Lipinski definition) is 1. The first-order chi connectivity index (χ1) is 11.9. The van der Waals surface area contributed by atoms with Crippen LogP contribution in [0.5, 0.6) is 0 Å². The molecular weight excluding hydrogens is 345 g/mol. The van der Waals surface area contributed by atoms with Crippen molar-refractivity contribution < 1.29 is 9.18 Å². The molecule has 0 radical (unpaired) electrons. The molecule has 3 rings (SSSR count). The third-order valence-corrected chi connectivity index (χ3v) is 3.94. The minimum absolute atomic E-state index is 0.0447. The van der Waals surface area contributed by atoms with Gasteiger partial charge in [-0.1, -0.05) is 29.8 Å². The smallest absolute Gasteiger partial charge is 0.276 e. The molecule has 0 unspecified atom stereocenters. The molecule has 0 saturated heterocycles. The van der Waals surface area contributed by atoms with Crippen molar-refractivity contribution in [1.82, 2.24) is 9.78 Å². The van der Waals surface area contributed by atoms with E-state index >= 15 is 0 Å². The van der Waals surface area contributed by atoms with E-state index in [1.807, 2.05) is 0 Å². The molecule has 25 heavy (non-hydrogen) atoms. The van der Waals surface area contributed by atoms with E-state index in [2.05, 4.69) is 10.4 Å². The van der Waals surface area contributed by atoms with Gasteiger partial charge in [0.1, 0.15) is 5.82 Å². The molecule has 0 fully saturated rings. The minimum Gasteiger partial charge on any atom is -0.318 e. The summed E-state index contributed by atoms with van der Waals surface area (Å²) >= 11 is 5.85. The Hall–Kier alpha value is -2.73. The third-order valence-electron chi connectivity index (χ3n) is 3.71. The van der Waals surface area contributed by atoms with Crippen molar-refractivity contribution in [2.45, 2.75) is 19.9 Å². The van der Waals surface area contributed by atoms with E-state index in [-0.39, 0.29) is 23.0 Å². The van der Waals surface area contributed by atoms with Gasteiger partial charge in [0.2, 0.25) is 0 Å². The van der Waals surface area contributed by atoms with Gasteiger partial charge in [0.15, 0.2) is 5.69 Å². The summed E-state index contributed by atoms with van der Waals surface area (Å²) in [6.45, 7) is 3.59. The highest BCUT2D eigenvalue weighted by Crippen LogP contribution is 2.21. The maximum absolute atomic E-state index is 13.9. The number of hydrogen-bond acceptors (Lipinski definition) is 3. The highest BCUT2D eigenvalue weighted by molar-refractivity contribution is 6.31. The van der Waals surface area contributed by atoms with E-state index < -0.39 is 11.7 Å². The van der Waals surface area contributed by atoms with Gasteiger partial charge in [0, 0.05) is 10.4 Å². The molecule has 1 aromatic heterocycles. The SMILES string of the molecule is CC(C)n1nc(C(=O)Nc2cc(Cl)ccc2F)c2ccccc2c1=O. The van der Waals surface area contributed by atoms with Crippen LogP contribution in [0.1, 0.15) is 30.4 Å². The average Bonchev–Trinajstić information content (AvgIpc) is 2.58. The molecule has 3 aromatic rings. The summed E-state index contributed by atoms with van der Waals surface area (Å²) in [6, 6.07) is 10.3. The molecule has 1 N–H and O–H groups in total. The fraction of sp³-hybridized carbons (Fsp3) is 0.167. The molecule has 0 atom stereocenters. The lowest BCUT2D eigenvalue weighted by atomic mass is 10.1. The zero-order valence-corrected chi connectivity index (χ0v) is 14.3. The maximum Gasteiger partial charge on any atom is 0.276 e. The molecule has 0 saturated carbocycles. The number of fused-ring (bicyclic) bond motifs is 1. The largest absolute Gasteiger partial charge is 0.318 e. The Kier molecular flexibility index (Phi) is 4.55. The van der Waals surface area contributed by atoms with Gasteiger partial charge in [-0.3, -0.25) is 9.59 Å². The number of benzene rings is 2. The fourth-order valence-electron chi connectivity index (χ4n) is 2.50. The van der Waals surface area contributed by atoms with Crippen molar-refractivity contribution in [3.8, 4) is 0 Å². The van der Waals surface area contributed by atoms with Crippen LogP contribution in [0.15, 0.2) is 47.3 Å². The molecule has 0 bridgehead atoms. The number of halogens is 2. The highest BCUT2D eigenvalue weighted by Gasteiger charge is 2.19. The molecular formula is C18H15ClFN3O2.